The highest BCUT2D eigenvalue weighted by Crippen LogP contribution is 2.30. The first-order chi connectivity index (χ1) is 7.79. The molecule has 4 nitrogen and oxygen atoms in total. The summed E-state index contributed by atoms with van der Waals surface area (Å²) in [7, 11) is 0. The molecule has 0 unspecified atom stereocenters. The van der Waals surface area contributed by atoms with E-state index < -0.39 is 0 Å². The van der Waals surface area contributed by atoms with Crippen LogP contribution in [0.3, 0.4) is 0 Å². The summed E-state index contributed by atoms with van der Waals surface area (Å²) in [5.74, 6) is 0. The van der Waals surface area contributed by atoms with E-state index in [2.05, 4.69) is 15.5 Å². The first kappa shape index (κ1) is 10.6. The molecule has 0 aliphatic heterocycles. The van der Waals surface area contributed by atoms with Crippen molar-refractivity contribution in [1.82, 2.24) is 4.98 Å². The molecular formula is C11H8ClN3O. The molecule has 5 heteroatoms. The lowest BCUT2D eigenvalue weighted by Crippen LogP contribution is -1.90. The summed E-state index contributed by atoms with van der Waals surface area (Å²) < 4.78 is 0. The van der Waals surface area contributed by atoms with Gasteiger partial charge in [-0.3, -0.25) is 4.98 Å². The summed E-state index contributed by atoms with van der Waals surface area (Å²) in [5.41, 5.74) is 1.72. The fourth-order valence-electron chi connectivity index (χ4n) is 1.28. The van der Waals surface area contributed by atoms with Gasteiger partial charge in [0, 0.05) is 23.1 Å². The Hall–Kier alpha value is -1.94. The van der Waals surface area contributed by atoms with Gasteiger partial charge in [-0.2, -0.15) is 0 Å². The van der Waals surface area contributed by atoms with Crippen LogP contribution in [0.15, 0.2) is 47.9 Å². The van der Waals surface area contributed by atoms with E-state index >= 15 is 0 Å². The Morgan fingerprint density at radius 2 is 1.94 bits per heavy atom. The molecule has 0 bridgehead atoms. The van der Waals surface area contributed by atoms with Crippen molar-refractivity contribution in [1.29, 1.82) is 0 Å². The molecule has 80 valence electrons. The van der Waals surface area contributed by atoms with Crippen molar-refractivity contribution in [3.8, 4) is 0 Å². The van der Waals surface area contributed by atoms with Gasteiger partial charge in [-0.25, -0.2) is 0 Å². The molecule has 1 N–H and O–H groups in total. The van der Waals surface area contributed by atoms with E-state index in [4.69, 9.17) is 11.6 Å². The van der Waals surface area contributed by atoms with Crippen LogP contribution in [0.2, 0.25) is 5.02 Å². The Morgan fingerprint density at radius 1 is 1.19 bits per heavy atom. The van der Waals surface area contributed by atoms with Gasteiger partial charge >= 0.3 is 0 Å². The molecule has 2 aromatic rings. The van der Waals surface area contributed by atoms with Crippen LogP contribution >= 0.6 is 11.6 Å². The number of hydrogen-bond acceptors (Lipinski definition) is 4. The number of nitrogens with zero attached hydrogens (tertiary/aromatic N) is 2. The summed E-state index contributed by atoms with van der Waals surface area (Å²) in [4.78, 5) is 14.5. The van der Waals surface area contributed by atoms with Crippen molar-refractivity contribution in [3.05, 3.63) is 52.7 Å². The maximum Gasteiger partial charge on any atom is 0.131 e. The van der Waals surface area contributed by atoms with E-state index in [9.17, 15) is 4.91 Å². The lowest BCUT2D eigenvalue weighted by Gasteiger charge is -2.07. The van der Waals surface area contributed by atoms with E-state index in [0.717, 1.165) is 5.69 Å². The molecule has 0 atom stereocenters. The van der Waals surface area contributed by atoms with Gasteiger partial charge in [0.2, 0.25) is 0 Å². The van der Waals surface area contributed by atoms with Crippen LogP contribution < -0.4 is 5.32 Å². The average Bonchev–Trinajstić information content (AvgIpc) is 2.31. The van der Waals surface area contributed by atoms with E-state index in [1.54, 1.807) is 42.7 Å². The highest BCUT2D eigenvalue weighted by Gasteiger charge is 2.03. The third-order valence-corrected chi connectivity index (χ3v) is 2.25. The summed E-state index contributed by atoms with van der Waals surface area (Å²) >= 11 is 5.84. The lowest BCUT2D eigenvalue weighted by atomic mass is 10.2. The molecule has 1 aromatic carbocycles. The van der Waals surface area contributed by atoms with Crippen LogP contribution in [-0.2, 0) is 0 Å². The van der Waals surface area contributed by atoms with E-state index in [1.807, 2.05) is 0 Å². The highest BCUT2D eigenvalue weighted by atomic mass is 35.5. The second-order valence-electron chi connectivity index (χ2n) is 3.11. The van der Waals surface area contributed by atoms with Crippen LogP contribution in [0.25, 0.3) is 0 Å². The normalized spacial score (nSPS) is 9.81. The maximum absolute atomic E-state index is 10.6. The standard InChI is InChI=1S/C11H8ClN3O/c12-8-1-2-10(15-16)11(7-8)14-9-3-5-13-6-4-9/h1-7H,(H,13,14). The molecule has 0 amide bonds. The van der Waals surface area contributed by atoms with Crippen LogP contribution in [0, 0.1) is 4.91 Å². The number of aromatic nitrogens is 1. The van der Waals surface area contributed by atoms with Gasteiger partial charge in [-0.15, -0.1) is 4.91 Å². The predicted octanol–water partition coefficient (Wildman–Crippen LogP) is 3.88. The second-order valence-corrected chi connectivity index (χ2v) is 3.55. The minimum absolute atomic E-state index is 0.321. The molecule has 2 rings (SSSR count). The van der Waals surface area contributed by atoms with Crippen molar-refractivity contribution in [2.75, 3.05) is 5.32 Å². The summed E-state index contributed by atoms with van der Waals surface area (Å²) in [6.07, 6.45) is 3.31. The first-order valence-electron chi connectivity index (χ1n) is 4.59. The number of nitroso groups, excluding NO2 is 1. The molecule has 0 spiro atoms. The SMILES string of the molecule is O=Nc1ccc(Cl)cc1Nc1ccncc1. The van der Waals surface area contributed by atoms with Crippen LogP contribution in [0.1, 0.15) is 0 Å². The van der Waals surface area contributed by atoms with Crippen LogP contribution in [0.5, 0.6) is 0 Å². The number of nitrogens with one attached hydrogen (secondary N) is 1. The summed E-state index contributed by atoms with van der Waals surface area (Å²) in [6.45, 7) is 0. The van der Waals surface area contributed by atoms with E-state index in [1.165, 1.54) is 0 Å². The number of anilines is 2. The number of rotatable bonds is 3. The zero-order valence-corrected chi connectivity index (χ0v) is 8.98. The lowest BCUT2D eigenvalue weighted by molar-refractivity contribution is 1.32. The fraction of sp³-hybridized carbons (Fsp3) is 0. The molecule has 0 fully saturated rings. The third-order valence-electron chi connectivity index (χ3n) is 2.02. The van der Waals surface area contributed by atoms with Crippen LogP contribution in [0.4, 0.5) is 17.1 Å². The third kappa shape index (κ3) is 2.35. The highest BCUT2D eigenvalue weighted by molar-refractivity contribution is 6.31. The van der Waals surface area contributed by atoms with Crippen molar-refractivity contribution in [2.24, 2.45) is 5.18 Å². The van der Waals surface area contributed by atoms with Crippen molar-refractivity contribution >= 4 is 28.7 Å². The maximum atomic E-state index is 10.6. The average molecular weight is 234 g/mol. The Bertz CT molecular complexity index is 502. The summed E-state index contributed by atoms with van der Waals surface area (Å²) in [6, 6.07) is 8.42. The number of halogens is 1. The quantitative estimate of drug-likeness (QED) is 0.819. The Kier molecular flexibility index (Phi) is 3.12. The number of pyridine rings is 1. The van der Waals surface area contributed by atoms with Gasteiger partial charge in [-0.1, -0.05) is 11.6 Å². The van der Waals surface area contributed by atoms with Crippen molar-refractivity contribution < 1.29 is 0 Å². The van der Waals surface area contributed by atoms with E-state index in [-0.39, 0.29) is 0 Å². The number of benzene rings is 1. The zero-order valence-electron chi connectivity index (χ0n) is 8.22. The molecule has 0 aliphatic rings. The Labute approximate surface area is 97.3 Å². The molecule has 1 heterocycles. The molecule has 0 saturated carbocycles. The molecular weight excluding hydrogens is 226 g/mol. The smallest absolute Gasteiger partial charge is 0.131 e. The molecule has 0 saturated heterocycles. The summed E-state index contributed by atoms with van der Waals surface area (Å²) in [5, 5.41) is 6.51. The van der Waals surface area contributed by atoms with Crippen molar-refractivity contribution in [3.63, 3.8) is 0 Å². The van der Waals surface area contributed by atoms with Gasteiger partial charge in [0.05, 0.1) is 5.69 Å². The first-order valence-corrected chi connectivity index (χ1v) is 4.97. The topological polar surface area (TPSA) is 54.4 Å². The van der Waals surface area contributed by atoms with Gasteiger partial charge in [0.15, 0.2) is 0 Å². The minimum Gasteiger partial charge on any atom is -0.354 e. The van der Waals surface area contributed by atoms with Crippen molar-refractivity contribution in [2.45, 2.75) is 0 Å². The minimum atomic E-state index is 0.321. The molecule has 0 radical (unpaired) electrons. The van der Waals surface area contributed by atoms with Gasteiger partial charge in [0.1, 0.15) is 5.69 Å². The number of hydrogen-bond donors (Lipinski definition) is 1. The monoisotopic (exact) mass is 233 g/mol. The molecule has 0 aliphatic carbocycles. The predicted molar refractivity (Wildman–Crippen MR) is 64.4 cm³/mol. The second kappa shape index (κ2) is 4.72. The van der Waals surface area contributed by atoms with Crippen LogP contribution in [-0.4, -0.2) is 4.98 Å². The van der Waals surface area contributed by atoms with E-state index in [0.29, 0.717) is 16.4 Å². The largest absolute Gasteiger partial charge is 0.354 e. The fourth-order valence-corrected chi connectivity index (χ4v) is 1.45. The van der Waals surface area contributed by atoms with Gasteiger partial charge < -0.3 is 5.32 Å². The molecule has 1 aromatic heterocycles. The Morgan fingerprint density at radius 3 is 2.62 bits per heavy atom. The Balaban J connectivity index is 2.33. The zero-order chi connectivity index (χ0) is 11.4. The van der Waals surface area contributed by atoms with Gasteiger partial charge in [-0.05, 0) is 35.5 Å². The van der Waals surface area contributed by atoms with Gasteiger partial charge in [0.25, 0.3) is 0 Å². The molecule has 16 heavy (non-hydrogen) atoms.